The van der Waals surface area contributed by atoms with E-state index in [4.69, 9.17) is 22.1 Å². The molecule has 1 unspecified atom stereocenters. The fourth-order valence-corrected chi connectivity index (χ4v) is 2.29. The van der Waals surface area contributed by atoms with Crippen molar-refractivity contribution >= 4 is 11.6 Å². The minimum absolute atomic E-state index is 0.129. The number of benzene rings is 1. The highest BCUT2D eigenvalue weighted by atomic mass is 35.5. The van der Waals surface area contributed by atoms with Crippen molar-refractivity contribution in [2.24, 2.45) is 5.73 Å². The van der Waals surface area contributed by atoms with Crippen molar-refractivity contribution in [1.82, 2.24) is 4.98 Å². The Bertz CT molecular complexity index is 560. The third kappa shape index (κ3) is 5.03. The van der Waals surface area contributed by atoms with Gasteiger partial charge in [0.2, 0.25) is 0 Å². The van der Waals surface area contributed by atoms with Crippen LogP contribution >= 0.6 is 11.6 Å². The van der Waals surface area contributed by atoms with Gasteiger partial charge in [-0.15, -0.1) is 0 Å². The summed E-state index contributed by atoms with van der Waals surface area (Å²) in [5, 5.41) is 0.716. The summed E-state index contributed by atoms with van der Waals surface area (Å²) in [6.45, 7) is 2.69. The molecule has 1 heterocycles. The number of halogens is 1. The predicted octanol–water partition coefficient (Wildman–Crippen LogP) is 3.64. The van der Waals surface area contributed by atoms with Crippen molar-refractivity contribution in [3.05, 3.63) is 58.9 Å². The normalized spacial score (nSPS) is 12.1. The van der Waals surface area contributed by atoms with E-state index in [1.807, 2.05) is 36.5 Å². The summed E-state index contributed by atoms with van der Waals surface area (Å²) >= 11 is 6.07. The average molecular weight is 305 g/mol. The number of hydrogen-bond donors (Lipinski definition) is 1. The summed E-state index contributed by atoms with van der Waals surface area (Å²) in [5.74, 6) is 0.868. The predicted molar refractivity (Wildman–Crippen MR) is 86.9 cm³/mol. The van der Waals surface area contributed by atoms with E-state index in [0.29, 0.717) is 11.6 Å². The molecule has 0 amide bonds. The maximum Gasteiger partial charge on any atom is 0.122 e. The number of pyridine rings is 1. The van der Waals surface area contributed by atoms with Crippen LogP contribution in [-0.4, -0.2) is 17.6 Å². The van der Waals surface area contributed by atoms with Crippen LogP contribution in [0.1, 0.15) is 24.5 Å². The highest BCUT2D eigenvalue weighted by Gasteiger charge is 2.09. The zero-order chi connectivity index (χ0) is 15.1. The molecule has 0 aliphatic carbocycles. The van der Waals surface area contributed by atoms with Crippen LogP contribution in [0, 0.1) is 0 Å². The van der Waals surface area contributed by atoms with Crippen molar-refractivity contribution < 1.29 is 4.74 Å². The SMILES string of the molecule is CCC(N)Cc1cc(Cl)ccc1OCCc1cccnc1. The molecule has 0 bridgehead atoms. The van der Waals surface area contributed by atoms with Gasteiger partial charge < -0.3 is 10.5 Å². The molecule has 112 valence electrons. The topological polar surface area (TPSA) is 48.1 Å². The van der Waals surface area contributed by atoms with E-state index in [1.54, 1.807) is 6.20 Å². The van der Waals surface area contributed by atoms with Gasteiger partial charge in [0.25, 0.3) is 0 Å². The summed E-state index contributed by atoms with van der Waals surface area (Å²) in [4.78, 5) is 4.10. The largest absolute Gasteiger partial charge is 0.493 e. The summed E-state index contributed by atoms with van der Waals surface area (Å²) in [5.41, 5.74) is 8.27. The van der Waals surface area contributed by atoms with Gasteiger partial charge in [-0.05, 0) is 48.2 Å². The molecule has 0 saturated carbocycles. The van der Waals surface area contributed by atoms with Gasteiger partial charge in [-0.25, -0.2) is 0 Å². The van der Waals surface area contributed by atoms with Crippen LogP contribution in [0.25, 0.3) is 0 Å². The van der Waals surface area contributed by atoms with Crippen molar-refractivity contribution in [2.75, 3.05) is 6.61 Å². The first-order chi connectivity index (χ1) is 10.2. The molecule has 0 saturated heterocycles. The van der Waals surface area contributed by atoms with Crippen LogP contribution in [0.4, 0.5) is 0 Å². The standard InChI is InChI=1S/C17H21ClN2O/c1-2-16(19)11-14-10-15(18)5-6-17(14)21-9-7-13-4-3-8-20-12-13/h3-6,8,10,12,16H,2,7,9,11,19H2,1H3. The zero-order valence-corrected chi connectivity index (χ0v) is 13.0. The van der Waals surface area contributed by atoms with E-state index >= 15 is 0 Å². The van der Waals surface area contributed by atoms with Gasteiger partial charge in [0.15, 0.2) is 0 Å². The molecule has 0 fully saturated rings. The first-order valence-corrected chi connectivity index (χ1v) is 7.62. The van der Waals surface area contributed by atoms with Gasteiger partial charge in [-0.3, -0.25) is 4.98 Å². The Kier molecular flexibility index (Phi) is 6.03. The van der Waals surface area contributed by atoms with Gasteiger partial charge in [0.05, 0.1) is 6.61 Å². The maximum absolute atomic E-state index is 6.07. The highest BCUT2D eigenvalue weighted by Crippen LogP contribution is 2.24. The van der Waals surface area contributed by atoms with Crippen LogP contribution in [0.5, 0.6) is 5.75 Å². The molecule has 1 atom stereocenters. The Labute approximate surface area is 131 Å². The Hall–Kier alpha value is -1.58. The third-order valence-electron chi connectivity index (χ3n) is 3.40. The number of nitrogens with zero attached hydrogens (tertiary/aromatic N) is 1. The van der Waals surface area contributed by atoms with E-state index in [9.17, 15) is 0 Å². The minimum Gasteiger partial charge on any atom is -0.493 e. The summed E-state index contributed by atoms with van der Waals surface area (Å²) in [7, 11) is 0. The lowest BCUT2D eigenvalue weighted by atomic mass is 10.0. The second kappa shape index (κ2) is 8.01. The van der Waals surface area contributed by atoms with E-state index in [0.717, 1.165) is 30.6 Å². The lowest BCUT2D eigenvalue weighted by Gasteiger charge is -2.15. The van der Waals surface area contributed by atoms with Crippen LogP contribution in [-0.2, 0) is 12.8 Å². The molecular weight excluding hydrogens is 284 g/mol. The summed E-state index contributed by atoms with van der Waals surface area (Å²) < 4.78 is 5.90. The monoisotopic (exact) mass is 304 g/mol. The fraction of sp³-hybridized carbons (Fsp3) is 0.353. The molecule has 0 aliphatic heterocycles. The second-order valence-corrected chi connectivity index (χ2v) is 5.52. The number of hydrogen-bond acceptors (Lipinski definition) is 3. The number of aromatic nitrogens is 1. The van der Waals surface area contributed by atoms with Gasteiger partial charge in [0, 0.05) is 29.9 Å². The molecule has 4 heteroatoms. The van der Waals surface area contributed by atoms with Crippen molar-refractivity contribution in [3.8, 4) is 5.75 Å². The molecule has 2 rings (SSSR count). The van der Waals surface area contributed by atoms with E-state index < -0.39 is 0 Å². The second-order valence-electron chi connectivity index (χ2n) is 5.08. The first kappa shape index (κ1) is 15.8. The Morgan fingerprint density at radius 1 is 1.33 bits per heavy atom. The quantitative estimate of drug-likeness (QED) is 0.849. The molecule has 1 aromatic carbocycles. The van der Waals surface area contributed by atoms with E-state index in [-0.39, 0.29) is 6.04 Å². The number of nitrogens with two attached hydrogens (primary N) is 1. The summed E-state index contributed by atoms with van der Waals surface area (Å²) in [6.07, 6.45) is 6.17. The average Bonchev–Trinajstić information content (AvgIpc) is 2.50. The van der Waals surface area contributed by atoms with Gasteiger partial charge in [-0.1, -0.05) is 24.6 Å². The fourth-order valence-electron chi connectivity index (χ4n) is 2.10. The van der Waals surface area contributed by atoms with E-state index in [1.165, 1.54) is 5.56 Å². The van der Waals surface area contributed by atoms with Gasteiger partial charge in [-0.2, -0.15) is 0 Å². The lowest BCUT2D eigenvalue weighted by molar-refractivity contribution is 0.317. The minimum atomic E-state index is 0.129. The molecule has 2 aromatic rings. The first-order valence-electron chi connectivity index (χ1n) is 7.24. The number of rotatable bonds is 7. The van der Waals surface area contributed by atoms with Crippen molar-refractivity contribution in [2.45, 2.75) is 32.2 Å². The van der Waals surface area contributed by atoms with E-state index in [2.05, 4.69) is 11.9 Å². The van der Waals surface area contributed by atoms with Gasteiger partial charge in [0.1, 0.15) is 5.75 Å². The maximum atomic E-state index is 6.07. The third-order valence-corrected chi connectivity index (χ3v) is 3.64. The molecule has 21 heavy (non-hydrogen) atoms. The van der Waals surface area contributed by atoms with Crippen LogP contribution in [0.3, 0.4) is 0 Å². The molecule has 0 spiro atoms. The highest BCUT2D eigenvalue weighted by molar-refractivity contribution is 6.30. The smallest absolute Gasteiger partial charge is 0.122 e. The molecule has 2 N–H and O–H groups in total. The molecule has 1 aromatic heterocycles. The Morgan fingerprint density at radius 3 is 2.90 bits per heavy atom. The zero-order valence-electron chi connectivity index (χ0n) is 12.3. The lowest BCUT2D eigenvalue weighted by Crippen LogP contribution is -2.21. The summed E-state index contributed by atoms with van der Waals surface area (Å²) in [6, 6.07) is 9.82. The van der Waals surface area contributed by atoms with Gasteiger partial charge >= 0.3 is 0 Å². The van der Waals surface area contributed by atoms with Crippen molar-refractivity contribution in [1.29, 1.82) is 0 Å². The van der Waals surface area contributed by atoms with Crippen LogP contribution in [0.2, 0.25) is 5.02 Å². The van der Waals surface area contributed by atoms with Crippen LogP contribution in [0.15, 0.2) is 42.7 Å². The molecule has 3 nitrogen and oxygen atoms in total. The molecular formula is C17H21ClN2O. The van der Waals surface area contributed by atoms with Crippen LogP contribution < -0.4 is 10.5 Å². The molecule has 0 radical (unpaired) electrons. The number of ether oxygens (including phenoxy) is 1. The molecule has 0 aliphatic rings. The Balaban J connectivity index is 1.98. The van der Waals surface area contributed by atoms with Crippen molar-refractivity contribution in [3.63, 3.8) is 0 Å². The Morgan fingerprint density at radius 2 is 2.19 bits per heavy atom.